The monoisotopic (exact) mass is 372 g/mol. The first kappa shape index (κ1) is 17.5. The topological polar surface area (TPSA) is 290 Å². The standard InChI is InChI=1S/C15H20N10O2/c16-3-1(4(17)7(20)9(22)6(3)19)14-12(25)13(26)2-5(18)8(21)10(23)11(24)15(2)27-14/h16-25H2. The van der Waals surface area contributed by atoms with Crippen molar-refractivity contribution in [2.75, 3.05) is 57.3 Å². The van der Waals surface area contributed by atoms with Crippen LogP contribution in [0.25, 0.3) is 22.3 Å². The van der Waals surface area contributed by atoms with Gasteiger partial charge in [-0.2, -0.15) is 0 Å². The summed E-state index contributed by atoms with van der Waals surface area (Å²) in [6.07, 6.45) is 0. The normalized spacial score (nSPS) is 11.1. The first-order valence-electron chi connectivity index (χ1n) is 7.50. The van der Waals surface area contributed by atoms with E-state index >= 15 is 0 Å². The number of hydrogen-bond donors (Lipinski definition) is 10. The lowest BCUT2D eigenvalue weighted by molar-refractivity contribution is 0.624. The predicted octanol–water partition coefficient (Wildman–Crippen LogP) is -0.718. The second kappa shape index (κ2) is 5.32. The van der Waals surface area contributed by atoms with Crippen LogP contribution in [-0.4, -0.2) is 0 Å². The van der Waals surface area contributed by atoms with Gasteiger partial charge in [-0.05, 0) is 0 Å². The van der Waals surface area contributed by atoms with Gasteiger partial charge in [0.25, 0.3) is 0 Å². The highest BCUT2D eigenvalue weighted by atomic mass is 16.3. The summed E-state index contributed by atoms with van der Waals surface area (Å²) in [6.45, 7) is 0. The van der Waals surface area contributed by atoms with E-state index in [-0.39, 0.29) is 79.2 Å². The van der Waals surface area contributed by atoms with Crippen molar-refractivity contribution in [1.29, 1.82) is 0 Å². The van der Waals surface area contributed by atoms with Crippen LogP contribution in [0.15, 0.2) is 9.21 Å². The Kier molecular flexibility index (Phi) is 3.44. The molecule has 0 aliphatic carbocycles. The molecule has 0 atom stereocenters. The molecule has 0 fully saturated rings. The van der Waals surface area contributed by atoms with E-state index < -0.39 is 5.43 Å². The molecular formula is C15H20N10O2. The van der Waals surface area contributed by atoms with E-state index in [0.717, 1.165) is 0 Å². The van der Waals surface area contributed by atoms with E-state index in [1.165, 1.54) is 0 Å². The summed E-state index contributed by atoms with van der Waals surface area (Å²) >= 11 is 0. The number of rotatable bonds is 1. The molecule has 0 radical (unpaired) electrons. The molecule has 0 bridgehead atoms. The molecule has 0 saturated carbocycles. The zero-order valence-corrected chi connectivity index (χ0v) is 14.1. The van der Waals surface area contributed by atoms with Gasteiger partial charge in [0.1, 0.15) is 11.4 Å². The molecule has 20 N–H and O–H groups in total. The van der Waals surface area contributed by atoms with E-state index in [0.29, 0.717) is 0 Å². The molecule has 0 aliphatic rings. The van der Waals surface area contributed by atoms with Crippen LogP contribution in [0.5, 0.6) is 0 Å². The third-order valence-corrected chi connectivity index (χ3v) is 4.46. The summed E-state index contributed by atoms with van der Waals surface area (Å²) in [6, 6.07) is 0. The Labute approximate surface area is 152 Å². The predicted molar refractivity (Wildman–Crippen MR) is 112 cm³/mol. The van der Waals surface area contributed by atoms with E-state index in [1.807, 2.05) is 0 Å². The molecule has 3 rings (SSSR count). The SMILES string of the molecule is Nc1c(N)c(N)c(-c2oc3c(N)c(N)c(N)c(N)c3c(=O)c2N)c(N)c1N. The molecule has 0 amide bonds. The van der Waals surface area contributed by atoms with Crippen molar-refractivity contribution in [3.63, 3.8) is 0 Å². The Morgan fingerprint density at radius 3 is 1.41 bits per heavy atom. The molecule has 0 saturated heterocycles. The molecular weight excluding hydrogens is 352 g/mol. The fourth-order valence-electron chi connectivity index (χ4n) is 2.81. The van der Waals surface area contributed by atoms with Gasteiger partial charge in [-0.1, -0.05) is 0 Å². The number of nitrogen functional groups attached to an aromatic ring is 10. The molecule has 1 aromatic heterocycles. The van der Waals surface area contributed by atoms with Crippen molar-refractivity contribution in [3.8, 4) is 11.3 Å². The van der Waals surface area contributed by atoms with Crippen LogP contribution in [0, 0.1) is 0 Å². The lowest BCUT2D eigenvalue weighted by Gasteiger charge is -2.18. The van der Waals surface area contributed by atoms with Gasteiger partial charge in [-0.15, -0.1) is 0 Å². The average molecular weight is 372 g/mol. The molecule has 2 aromatic carbocycles. The van der Waals surface area contributed by atoms with Crippen LogP contribution >= 0.6 is 0 Å². The van der Waals surface area contributed by atoms with Crippen LogP contribution < -0.4 is 62.8 Å². The molecule has 0 spiro atoms. The number of hydrogen-bond acceptors (Lipinski definition) is 12. The Morgan fingerprint density at radius 2 is 0.889 bits per heavy atom. The fourth-order valence-corrected chi connectivity index (χ4v) is 2.81. The Morgan fingerprint density at radius 1 is 0.481 bits per heavy atom. The maximum absolute atomic E-state index is 12.8. The zero-order chi connectivity index (χ0) is 20.4. The van der Waals surface area contributed by atoms with Gasteiger partial charge in [0.15, 0.2) is 11.3 Å². The lowest BCUT2D eigenvalue weighted by atomic mass is 10.0. The van der Waals surface area contributed by atoms with Gasteiger partial charge < -0.3 is 61.8 Å². The Hall–Kier alpha value is -4.35. The highest BCUT2D eigenvalue weighted by Crippen LogP contribution is 2.47. The Balaban J connectivity index is 2.57. The van der Waals surface area contributed by atoms with Gasteiger partial charge in [0.2, 0.25) is 5.43 Å². The molecule has 27 heavy (non-hydrogen) atoms. The maximum Gasteiger partial charge on any atom is 0.218 e. The van der Waals surface area contributed by atoms with Crippen molar-refractivity contribution in [3.05, 3.63) is 10.2 Å². The van der Waals surface area contributed by atoms with Crippen LogP contribution in [0.1, 0.15) is 0 Å². The van der Waals surface area contributed by atoms with Crippen LogP contribution in [-0.2, 0) is 0 Å². The van der Waals surface area contributed by atoms with Crippen LogP contribution in [0.4, 0.5) is 56.9 Å². The van der Waals surface area contributed by atoms with Crippen LogP contribution in [0.2, 0.25) is 0 Å². The van der Waals surface area contributed by atoms with Crippen molar-refractivity contribution < 1.29 is 4.42 Å². The number of fused-ring (bicyclic) bond motifs is 1. The minimum absolute atomic E-state index is 0.00349. The molecule has 142 valence electrons. The van der Waals surface area contributed by atoms with Crippen molar-refractivity contribution in [2.45, 2.75) is 0 Å². The summed E-state index contributed by atoms with van der Waals surface area (Å²) in [7, 11) is 0. The van der Waals surface area contributed by atoms with E-state index in [1.54, 1.807) is 0 Å². The van der Waals surface area contributed by atoms with Crippen molar-refractivity contribution in [1.82, 2.24) is 0 Å². The maximum atomic E-state index is 12.8. The van der Waals surface area contributed by atoms with Gasteiger partial charge in [-0.25, -0.2) is 0 Å². The minimum Gasteiger partial charge on any atom is -0.451 e. The number of anilines is 10. The molecule has 1 heterocycles. The summed E-state index contributed by atoms with van der Waals surface area (Å²) in [5.41, 5.74) is 57.2. The average Bonchev–Trinajstić information content (AvgIpc) is 2.64. The summed E-state index contributed by atoms with van der Waals surface area (Å²) in [5.74, 6) is -0.198. The summed E-state index contributed by atoms with van der Waals surface area (Å²) in [4.78, 5) is 12.8. The van der Waals surface area contributed by atoms with Gasteiger partial charge in [-0.3, -0.25) is 4.79 Å². The van der Waals surface area contributed by atoms with Gasteiger partial charge in [0, 0.05) is 0 Å². The van der Waals surface area contributed by atoms with Crippen molar-refractivity contribution >= 4 is 67.8 Å². The molecule has 3 aromatic rings. The van der Waals surface area contributed by atoms with Gasteiger partial charge in [0.05, 0.1) is 56.4 Å². The van der Waals surface area contributed by atoms with Gasteiger partial charge >= 0.3 is 0 Å². The third-order valence-electron chi connectivity index (χ3n) is 4.46. The summed E-state index contributed by atoms with van der Waals surface area (Å²) < 4.78 is 5.74. The summed E-state index contributed by atoms with van der Waals surface area (Å²) in [5, 5.41) is -0.117. The van der Waals surface area contributed by atoms with E-state index in [4.69, 9.17) is 61.8 Å². The molecule has 12 heteroatoms. The zero-order valence-electron chi connectivity index (χ0n) is 14.1. The first-order chi connectivity index (χ1) is 12.5. The smallest absolute Gasteiger partial charge is 0.218 e. The molecule has 0 unspecified atom stereocenters. The second-order valence-electron chi connectivity index (χ2n) is 5.98. The second-order valence-corrected chi connectivity index (χ2v) is 5.98. The minimum atomic E-state index is -0.699. The van der Waals surface area contributed by atoms with Crippen LogP contribution in [0.3, 0.4) is 0 Å². The molecule has 12 nitrogen and oxygen atoms in total. The van der Waals surface area contributed by atoms with E-state index in [9.17, 15) is 4.79 Å². The number of nitrogens with two attached hydrogens (primary N) is 10. The highest BCUT2D eigenvalue weighted by Gasteiger charge is 2.26. The number of benzene rings is 2. The van der Waals surface area contributed by atoms with Crippen molar-refractivity contribution in [2.24, 2.45) is 0 Å². The fraction of sp³-hybridized carbons (Fsp3) is 0. The third kappa shape index (κ3) is 2.06. The Bertz CT molecular complexity index is 1170. The quantitative estimate of drug-likeness (QED) is 0.237. The first-order valence-corrected chi connectivity index (χ1v) is 7.50. The van der Waals surface area contributed by atoms with E-state index in [2.05, 4.69) is 0 Å². The molecule has 0 aliphatic heterocycles. The highest BCUT2D eigenvalue weighted by molar-refractivity contribution is 6.12. The lowest BCUT2D eigenvalue weighted by Crippen LogP contribution is -2.16. The largest absolute Gasteiger partial charge is 0.451 e.